The van der Waals surface area contributed by atoms with Gasteiger partial charge in [-0.15, -0.1) is 0 Å². The minimum atomic E-state index is 0.179. The van der Waals surface area contributed by atoms with Crippen LogP contribution in [0.4, 0.5) is 0 Å². The summed E-state index contributed by atoms with van der Waals surface area (Å²) in [5, 5.41) is 3.18. The Morgan fingerprint density at radius 2 is 1.86 bits per heavy atom. The van der Waals surface area contributed by atoms with E-state index in [-0.39, 0.29) is 11.8 Å². The molecule has 2 saturated carbocycles. The zero-order valence-corrected chi connectivity index (χ0v) is 13.5. The molecule has 0 spiro atoms. The highest BCUT2D eigenvalue weighted by atomic mass is 16.1. The van der Waals surface area contributed by atoms with Crippen LogP contribution in [0.5, 0.6) is 0 Å². The van der Waals surface area contributed by atoms with Crippen molar-refractivity contribution in [2.24, 2.45) is 23.5 Å². The summed E-state index contributed by atoms with van der Waals surface area (Å²) in [6, 6.07) is 10.7. The molecule has 2 aliphatic rings. The molecule has 3 heteroatoms. The maximum absolute atomic E-state index is 12.5. The van der Waals surface area contributed by atoms with Crippen LogP contribution in [0.1, 0.15) is 50.5 Å². The third-order valence-electron chi connectivity index (χ3n) is 5.73. The fourth-order valence-electron chi connectivity index (χ4n) is 4.30. The van der Waals surface area contributed by atoms with Crippen molar-refractivity contribution < 1.29 is 4.79 Å². The highest BCUT2D eigenvalue weighted by Crippen LogP contribution is 2.41. The van der Waals surface area contributed by atoms with Crippen molar-refractivity contribution in [2.45, 2.75) is 51.0 Å². The average molecular weight is 300 g/mol. The molecule has 0 saturated heterocycles. The number of nitrogens with one attached hydrogen (secondary N) is 1. The lowest BCUT2D eigenvalue weighted by atomic mass is 9.65. The molecule has 22 heavy (non-hydrogen) atoms. The Hall–Kier alpha value is -1.35. The van der Waals surface area contributed by atoms with Crippen molar-refractivity contribution in [2.75, 3.05) is 6.54 Å². The molecule has 120 valence electrons. The molecule has 2 aliphatic carbocycles. The van der Waals surface area contributed by atoms with Crippen LogP contribution in [-0.4, -0.2) is 18.5 Å². The Balaban J connectivity index is 1.52. The van der Waals surface area contributed by atoms with E-state index in [1.165, 1.54) is 24.8 Å². The van der Waals surface area contributed by atoms with Crippen molar-refractivity contribution in [1.29, 1.82) is 0 Å². The molecule has 3 nitrogen and oxygen atoms in total. The lowest BCUT2D eigenvalue weighted by Crippen LogP contribution is -2.49. The first kappa shape index (κ1) is 15.5. The van der Waals surface area contributed by atoms with Gasteiger partial charge in [-0.2, -0.15) is 0 Å². The average Bonchev–Trinajstić information content (AvgIpc) is 2.53. The van der Waals surface area contributed by atoms with Crippen LogP contribution in [0.25, 0.3) is 0 Å². The van der Waals surface area contributed by atoms with E-state index in [2.05, 4.69) is 36.5 Å². The summed E-state index contributed by atoms with van der Waals surface area (Å²) >= 11 is 0. The topological polar surface area (TPSA) is 55.1 Å². The quantitative estimate of drug-likeness (QED) is 0.898. The van der Waals surface area contributed by atoms with Gasteiger partial charge in [0.15, 0.2) is 0 Å². The lowest BCUT2D eigenvalue weighted by Gasteiger charge is -2.43. The second-order valence-electron chi connectivity index (χ2n) is 7.25. The van der Waals surface area contributed by atoms with Gasteiger partial charge < -0.3 is 11.1 Å². The third kappa shape index (κ3) is 3.35. The predicted molar refractivity (Wildman–Crippen MR) is 89.4 cm³/mol. The number of hydrogen-bond donors (Lipinski definition) is 2. The fourth-order valence-corrected chi connectivity index (χ4v) is 4.30. The third-order valence-corrected chi connectivity index (χ3v) is 5.73. The first-order valence-electron chi connectivity index (χ1n) is 8.73. The van der Waals surface area contributed by atoms with Crippen LogP contribution >= 0.6 is 0 Å². The van der Waals surface area contributed by atoms with Crippen molar-refractivity contribution in [3.63, 3.8) is 0 Å². The maximum Gasteiger partial charge on any atom is 0.223 e. The molecule has 1 amide bonds. The molecule has 1 aromatic rings. The van der Waals surface area contributed by atoms with Crippen LogP contribution in [-0.2, 0) is 4.79 Å². The molecule has 3 unspecified atom stereocenters. The molecule has 0 heterocycles. The smallest absolute Gasteiger partial charge is 0.223 e. The summed E-state index contributed by atoms with van der Waals surface area (Å²) in [5.74, 6) is 1.91. The Kier molecular flexibility index (Phi) is 4.82. The molecule has 0 aromatic heterocycles. The number of fused-ring (bicyclic) bond motifs is 2. The number of nitrogens with two attached hydrogens (primary N) is 1. The SMILES string of the molecule is CC(CNC(=O)C1CC2CCCC(C1)C2N)c1ccccc1. The molecule has 0 radical (unpaired) electrons. The van der Waals surface area contributed by atoms with Gasteiger partial charge in [-0.25, -0.2) is 0 Å². The van der Waals surface area contributed by atoms with Crippen LogP contribution in [0.15, 0.2) is 30.3 Å². The fraction of sp³-hybridized carbons (Fsp3) is 0.632. The van der Waals surface area contributed by atoms with Crippen molar-refractivity contribution >= 4 is 5.91 Å². The van der Waals surface area contributed by atoms with E-state index in [1.54, 1.807) is 0 Å². The summed E-state index contributed by atoms with van der Waals surface area (Å²) < 4.78 is 0. The molecule has 2 fully saturated rings. The van der Waals surface area contributed by atoms with Gasteiger partial charge >= 0.3 is 0 Å². The van der Waals surface area contributed by atoms with E-state index in [0.717, 1.165) is 19.4 Å². The minimum absolute atomic E-state index is 0.179. The molecule has 2 bridgehead atoms. The number of amides is 1. The number of hydrogen-bond acceptors (Lipinski definition) is 2. The number of carbonyl (C=O) groups excluding carboxylic acids is 1. The van der Waals surface area contributed by atoms with Gasteiger partial charge in [0, 0.05) is 18.5 Å². The molecule has 3 rings (SSSR count). The highest BCUT2D eigenvalue weighted by Gasteiger charge is 2.40. The van der Waals surface area contributed by atoms with E-state index in [4.69, 9.17) is 5.73 Å². The van der Waals surface area contributed by atoms with Crippen molar-refractivity contribution in [3.8, 4) is 0 Å². The lowest BCUT2D eigenvalue weighted by molar-refractivity contribution is -0.127. The van der Waals surface area contributed by atoms with Crippen LogP contribution in [0.2, 0.25) is 0 Å². The normalized spacial score (nSPS) is 32.3. The highest BCUT2D eigenvalue weighted by molar-refractivity contribution is 5.78. The Labute approximate surface area is 133 Å². The van der Waals surface area contributed by atoms with Gasteiger partial charge in [0.1, 0.15) is 0 Å². The van der Waals surface area contributed by atoms with Crippen molar-refractivity contribution in [3.05, 3.63) is 35.9 Å². The number of carbonyl (C=O) groups is 1. The van der Waals surface area contributed by atoms with Gasteiger partial charge in [-0.05, 0) is 49.0 Å². The zero-order valence-electron chi connectivity index (χ0n) is 13.5. The molecule has 3 N–H and O–H groups in total. The molecular formula is C19H28N2O. The maximum atomic E-state index is 12.5. The standard InChI is InChI=1S/C19H28N2O/c1-13(14-6-3-2-4-7-14)12-21-19(22)17-10-15-8-5-9-16(11-17)18(15)20/h2-4,6-7,13,15-18H,5,8-12,20H2,1H3,(H,21,22). The van der Waals surface area contributed by atoms with Crippen molar-refractivity contribution in [1.82, 2.24) is 5.32 Å². The summed E-state index contributed by atoms with van der Waals surface area (Å²) in [4.78, 5) is 12.5. The number of rotatable bonds is 4. The Morgan fingerprint density at radius 3 is 2.50 bits per heavy atom. The Morgan fingerprint density at radius 1 is 1.23 bits per heavy atom. The van der Waals surface area contributed by atoms with Crippen LogP contribution in [0, 0.1) is 17.8 Å². The van der Waals surface area contributed by atoms with Crippen LogP contribution < -0.4 is 11.1 Å². The first-order valence-corrected chi connectivity index (χ1v) is 8.73. The largest absolute Gasteiger partial charge is 0.355 e. The van der Waals surface area contributed by atoms with Gasteiger partial charge in [-0.3, -0.25) is 4.79 Å². The van der Waals surface area contributed by atoms with Gasteiger partial charge in [-0.1, -0.05) is 43.7 Å². The number of benzene rings is 1. The summed E-state index contributed by atoms with van der Waals surface area (Å²) in [7, 11) is 0. The summed E-state index contributed by atoms with van der Waals surface area (Å²) in [6.45, 7) is 2.89. The molecule has 3 atom stereocenters. The first-order chi connectivity index (χ1) is 10.6. The molecule has 1 aromatic carbocycles. The van der Waals surface area contributed by atoms with Gasteiger partial charge in [0.05, 0.1) is 0 Å². The van der Waals surface area contributed by atoms with Gasteiger partial charge in [0.2, 0.25) is 5.91 Å². The van der Waals surface area contributed by atoms with E-state index in [1.807, 2.05) is 6.07 Å². The van der Waals surface area contributed by atoms with E-state index in [9.17, 15) is 4.79 Å². The summed E-state index contributed by atoms with van der Waals surface area (Å²) in [6.07, 6.45) is 5.69. The van der Waals surface area contributed by atoms with Crippen LogP contribution in [0.3, 0.4) is 0 Å². The zero-order chi connectivity index (χ0) is 15.5. The minimum Gasteiger partial charge on any atom is -0.355 e. The van der Waals surface area contributed by atoms with E-state index < -0.39 is 0 Å². The van der Waals surface area contributed by atoms with E-state index >= 15 is 0 Å². The molecule has 0 aliphatic heterocycles. The summed E-state index contributed by atoms with van der Waals surface area (Å²) in [5.41, 5.74) is 7.60. The molecular weight excluding hydrogens is 272 g/mol. The van der Waals surface area contributed by atoms with Gasteiger partial charge in [0.25, 0.3) is 0 Å². The van der Waals surface area contributed by atoms with E-state index in [0.29, 0.717) is 23.8 Å². The monoisotopic (exact) mass is 300 g/mol. The second kappa shape index (κ2) is 6.82. The Bertz CT molecular complexity index is 487. The second-order valence-corrected chi connectivity index (χ2v) is 7.25. The predicted octanol–water partition coefficient (Wildman–Crippen LogP) is 3.06.